The van der Waals surface area contributed by atoms with Gasteiger partial charge in [0.1, 0.15) is 5.65 Å². The Kier molecular flexibility index (Phi) is 3.11. The minimum Gasteiger partial charge on any atom is -0.290 e. The van der Waals surface area contributed by atoms with Crippen LogP contribution >= 0.6 is 0 Å². The van der Waals surface area contributed by atoms with Crippen molar-refractivity contribution in [2.24, 2.45) is 0 Å². The number of hydrogen-bond donors (Lipinski definition) is 0. The molecule has 0 spiro atoms. The minimum absolute atomic E-state index is 0.772. The maximum Gasteiger partial charge on any atom is 0.178 e. The average Bonchev–Trinajstić information content (AvgIpc) is 3.58. The van der Waals surface area contributed by atoms with Crippen LogP contribution in [0.5, 0.6) is 0 Å². The van der Waals surface area contributed by atoms with E-state index in [4.69, 9.17) is 4.98 Å². The second-order valence-corrected chi connectivity index (χ2v) is 9.71. The molecular formula is C31H18N4. The van der Waals surface area contributed by atoms with Gasteiger partial charge in [0.05, 0.1) is 11.0 Å². The third-order valence-corrected chi connectivity index (χ3v) is 7.94. The van der Waals surface area contributed by atoms with E-state index in [2.05, 4.69) is 75.0 Å². The normalized spacial score (nSPS) is 13.5. The van der Waals surface area contributed by atoms with Gasteiger partial charge in [-0.05, 0) is 93.1 Å². The fourth-order valence-corrected chi connectivity index (χ4v) is 6.49. The number of nitrogens with zero attached hydrogens (tertiary/aromatic N) is 4. The lowest BCUT2D eigenvalue weighted by molar-refractivity contribution is 1.24. The SMILES string of the molecule is c1ccc2c(c1)Cc1ccc3c(c1-2)-c1cc2c(cc1C3)c1cnccc1n1c3cccnc3nc21. The zero-order valence-corrected chi connectivity index (χ0v) is 18.8. The summed E-state index contributed by atoms with van der Waals surface area (Å²) in [7, 11) is 0. The number of hydrogen-bond acceptors (Lipinski definition) is 3. The molecule has 0 saturated heterocycles. The predicted molar refractivity (Wildman–Crippen MR) is 140 cm³/mol. The monoisotopic (exact) mass is 446 g/mol. The second-order valence-electron chi connectivity index (χ2n) is 9.71. The minimum atomic E-state index is 0.772. The van der Waals surface area contributed by atoms with E-state index in [0.29, 0.717) is 0 Å². The first-order chi connectivity index (χ1) is 17.3. The smallest absolute Gasteiger partial charge is 0.178 e. The number of pyridine rings is 3. The first-order valence-corrected chi connectivity index (χ1v) is 12.0. The third-order valence-electron chi connectivity index (χ3n) is 7.94. The molecule has 0 bridgehead atoms. The van der Waals surface area contributed by atoms with Gasteiger partial charge in [-0.2, -0.15) is 0 Å². The summed E-state index contributed by atoms with van der Waals surface area (Å²) < 4.78 is 2.24. The summed E-state index contributed by atoms with van der Waals surface area (Å²) in [6, 6.07) is 24.5. The van der Waals surface area contributed by atoms with Gasteiger partial charge in [0.15, 0.2) is 5.65 Å². The molecule has 0 atom stereocenters. The van der Waals surface area contributed by atoms with E-state index in [1.54, 1.807) is 0 Å². The van der Waals surface area contributed by atoms with Gasteiger partial charge in [0.2, 0.25) is 0 Å². The number of rotatable bonds is 0. The fraction of sp³-hybridized carbons (Fsp3) is 0.0645. The highest BCUT2D eigenvalue weighted by atomic mass is 15.1. The summed E-state index contributed by atoms with van der Waals surface area (Å²) in [4.78, 5) is 14.1. The van der Waals surface area contributed by atoms with Crippen molar-refractivity contribution in [2.75, 3.05) is 0 Å². The van der Waals surface area contributed by atoms with Gasteiger partial charge in [0.25, 0.3) is 0 Å². The van der Waals surface area contributed by atoms with E-state index >= 15 is 0 Å². The molecule has 0 N–H and O–H groups in total. The summed E-state index contributed by atoms with van der Waals surface area (Å²) in [5.41, 5.74) is 15.1. The van der Waals surface area contributed by atoms with Crippen LogP contribution in [0, 0.1) is 0 Å². The Hall–Kier alpha value is -4.57. The average molecular weight is 447 g/mol. The quantitative estimate of drug-likeness (QED) is 0.243. The van der Waals surface area contributed by atoms with Crippen molar-refractivity contribution in [2.45, 2.75) is 12.8 Å². The molecule has 2 aliphatic rings. The van der Waals surface area contributed by atoms with Gasteiger partial charge in [-0.1, -0.05) is 36.4 Å². The fourth-order valence-electron chi connectivity index (χ4n) is 6.49. The zero-order chi connectivity index (χ0) is 22.7. The van der Waals surface area contributed by atoms with E-state index in [1.807, 2.05) is 24.7 Å². The highest BCUT2D eigenvalue weighted by Gasteiger charge is 2.29. The Morgan fingerprint density at radius 3 is 2.43 bits per heavy atom. The second kappa shape index (κ2) is 6.10. The maximum absolute atomic E-state index is 5.01. The number of benzene rings is 3. The Bertz CT molecular complexity index is 2070. The van der Waals surface area contributed by atoms with Crippen LogP contribution in [-0.4, -0.2) is 19.4 Å². The highest BCUT2D eigenvalue weighted by molar-refractivity contribution is 6.15. The van der Waals surface area contributed by atoms with Gasteiger partial charge >= 0.3 is 0 Å². The highest BCUT2D eigenvalue weighted by Crippen LogP contribution is 2.50. The van der Waals surface area contributed by atoms with E-state index in [0.717, 1.165) is 45.9 Å². The molecule has 35 heavy (non-hydrogen) atoms. The predicted octanol–water partition coefficient (Wildman–Crippen LogP) is 6.73. The summed E-state index contributed by atoms with van der Waals surface area (Å²) in [5, 5.41) is 3.51. The molecule has 0 saturated carbocycles. The molecule has 162 valence electrons. The standard InChI is InChI=1S/C31H18N4/c1-2-5-21-17(4-1)12-18-7-8-19-13-20-14-23-24(15-22(20)29(19)28(18)21)31-34-30-27(6-3-10-33-30)35(31)26-9-11-32-16-25(23)26/h1-11,14-16H,12-13H2. The molecule has 0 radical (unpaired) electrons. The molecule has 0 aliphatic heterocycles. The lowest BCUT2D eigenvalue weighted by Crippen LogP contribution is -1.93. The molecule has 4 heteroatoms. The van der Waals surface area contributed by atoms with Crippen molar-refractivity contribution in [1.82, 2.24) is 19.4 Å². The lowest BCUT2D eigenvalue weighted by Gasteiger charge is -2.13. The van der Waals surface area contributed by atoms with Gasteiger partial charge in [0, 0.05) is 29.4 Å². The summed E-state index contributed by atoms with van der Waals surface area (Å²) >= 11 is 0. The Morgan fingerprint density at radius 1 is 0.629 bits per heavy atom. The van der Waals surface area contributed by atoms with Crippen molar-refractivity contribution >= 4 is 38.5 Å². The summed E-state index contributed by atoms with van der Waals surface area (Å²) in [6.45, 7) is 0. The van der Waals surface area contributed by atoms with E-state index in [-0.39, 0.29) is 0 Å². The van der Waals surface area contributed by atoms with Crippen LogP contribution in [0.25, 0.3) is 60.7 Å². The van der Waals surface area contributed by atoms with Crippen LogP contribution in [0.3, 0.4) is 0 Å². The third kappa shape index (κ3) is 2.15. The Labute approximate surface area is 200 Å². The first-order valence-electron chi connectivity index (χ1n) is 12.0. The van der Waals surface area contributed by atoms with Crippen molar-refractivity contribution in [1.29, 1.82) is 0 Å². The van der Waals surface area contributed by atoms with Gasteiger partial charge in [-0.3, -0.25) is 9.38 Å². The van der Waals surface area contributed by atoms with Gasteiger partial charge in [-0.15, -0.1) is 0 Å². The van der Waals surface area contributed by atoms with Crippen molar-refractivity contribution in [3.63, 3.8) is 0 Å². The maximum atomic E-state index is 5.01. The molecule has 4 heterocycles. The van der Waals surface area contributed by atoms with Crippen LogP contribution in [0.15, 0.2) is 85.3 Å². The topological polar surface area (TPSA) is 43.1 Å². The van der Waals surface area contributed by atoms with E-state index in [9.17, 15) is 0 Å². The number of aromatic nitrogens is 4. The molecule has 4 nitrogen and oxygen atoms in total. The molecule has 0 amide bonds. The van der Waals surface area contributed by atoms with E-state index < -0.39 is 0 Å². The first kappa shape index (κ1) is 17.8. The number of imidazole rings is 1. The molecule has 3 aromatic carbocycles. The largest absolute Gasteiger partial charge is 0.290 e. The van der Waals surface area contributed by atoms with Crippen LogP contribution in [0.2, 0.25) is 0 Å². The van der Waals surface area contributed by atoms with Gasteiger partial charge in [-0.25, -0.2) is 9.97 Å². The van der Waals surface area contributed by atoms with Crippen LogP contribution in [0.1, 0.15) is 22.3 Å². The Morgan fingerprint density at radius 2 is 1.49 bits per heavy atom. The lowest BCUT2D eigenvalue weighted by atomic mass is 9.92. The van der Waals surface area contributed by atoms with Gasteiger partial charge < -0.3 is 0 Å². The van der Waals surface area contributed by atoms with Crippen LogP contribution < -0.4 is 0 Å². The molecule has 4 aromatic heterocycles. The number of fused-ring (bicyclic) bond motifs is 15. The molecule has 0 fully saturated rings. The molecular weight excluding hydrogens is 428 g/mol. The molecule has 9 rings (SSSR count). The molecule has 7 aromatic rings. The van der Waals surface area contributed by atoms with E-state index in [1.165, 1.54) is 49.9 Å². The van der Waals surface area contributed by atoms with Crippen molar-refractivity contribution in [3.05, 3.63) is 108 Å². The molecule has 2 aliphatic carbocycles. The Balaban J connectivity index is 1.45. The summed E-state index contributed by atoms with van der Waals surface area (Å²) in [5.74, 6) is 0. The van der Waals surface area contributed by atoms with Crippen molar-refractivity contribution < 1.29 is 0 Å². The van der Waals surface area contributed by atoms with Crippen LogP contribution in [0.4, 0.5) is 0 Å². The zero-order valence-electron chi connectivity index (χ0n) is 18.8. The summed E-state index contributed by atoms with van der Waals surface area (Å²) in [6.07, 6.45) is 7.64. The molecule has 0 unspecified atom stereocenters. The van der Waals surface area contributed by atoms with Crippen LogP contribution in [-0.2, 0) is 12.8 Å². The van der Waals surface area contributed by atoms with Crippen molar-refractivity contribution in [3.8, 4) is 22.3 Å².